The number of allylic oxidation sites excluding steroid dienone is 1. The van der Waals surface area contributed by atoms with Crippen LogP contribution >= 0.6 is 11.6 Å². The number of fused-ring (bicyclic) bond motifs is 1. The van der Waals surface area contributed by atoms with Gasteiger partial charge in [-0.15, -0.1) is 5.53 Å². The number of hydrogen-bond acceptors (Lipinski definition) is 8. The van der Waals surface area contributed by atoms with Gasteiger partial charge in [0.05, 0.1) is 42.4 Å². The smallest absolute Gasteiger partial charge is 0.434 e. The van der Waals surface area contributed by atoms with Crippen LogP contribution in [-0.4, -0.2) is 45.8 Å². The summed E-state index contributed by atoms with van der Waals surface area (Å²) >= 11 is 6.25. The molecule has 10 nitrogen and oxygen atoms in total. The number of benzene rings is 2. The van der Waals surface area contributed by atoms with Crippen molar-refractivity contribution >= 4 is 39.9 Å². The molecule has 0 fully saturated rings. The standard InChI is InChI=1S/C29H24ClF6N7O3/c1-4-21(27(45)38-16-6-7-19-20(10-16)37-12-24(39-19)28(31,32)33)42-13-23(46-3)18(11-26(42)44)17-9-15(30)5-8-22(17)43-14-25(29(34,35)36)41(2)40-43/h5-14,21,40H,4H2,1-3H3,(H,38,45). The van der Waals surface area contributed by atoms with Crippen LogP contribution in [0.3, 0.4) is 0 Å². The predicted octanol–water partition coefficient (Wildman–Crippen LogP) is 6.30. The second-order valence-electron chi connectivity index (χ2n) is 10.1. The molecule has 1 amide bonds. The molecule has 2 aromatic heterocycles. The zero-order chi connectivity index (χ0) is 33.6. The van der Waals surface area contributed by atoms with Gasteiger partial charge in [-0.05, 0) is 42.8 Å². The predicted molar refractivity (Wildman–Crippen MR) is 158 cm³/mol. The molecule has 1 aliphatic rings. The first kappa shape index (κ1) is 32.6. The van der Waals surface area contributed by atoms with Crippen molar-refractivity contribution in [2.75, 3.05) is 24.5 Å². The molecule has 2 aromatic carbocycles. The lowest BCUT2D eigenvalue weighted by Crippen LogP contribution is -2.40. The number of carbonyl (C=O) groups excluding carboxylic acids is 1. The maximum absolute atomic E-state index is 13.5. The van der Waals surface area contributed by atoms with Gasteiger partial charge in [-0.2, -0.15) is 26.3 Å². The molecule has 46 heavy (non-hydrogen) atoms. The Labute approximate surface area is 261 Å². The molecule has 5 rings (SSSR count). The summed E-state index contributed by atoms with van der Waals surface area (Å²) in [5.41, 5.74) is 0.792. The van der Waals surface area contributed by atoms with Crippen LogP contribution in [0.15, 0.2) is 71.5 Å². The lowest BCUT2D eigenvalue weighted by atomic mass is 10.0. The summed E-state index contributed by atoms with van der Waals surface area (Å²) in [4.78, 5) is 34.2. The molecule has 242 valence electrons. The van der Waals surface area contributed by atoms with Gasteiger partial charge in [0.2, 0.25) is 5.91 Å². The third kappa shape index (κ3) is 6.44. The van der Waals surface area contributed by atoms with Crippen LogP contribution in [-0.2, 0) is 11.0 Å². The van der Waals surface area contributed by atoms with Gasteiger partial charge in [0, 0.05) is 35.0 Å². The van der Waals surface area contributed by atoms with E-state index in [0.717, 1.165) is 20.8 Å². The van der Waals surface area contributed by atoms with Crippen LogP contribution in [0.5, 0.6) is 5.75 Å². The topological polar surface area (TPSA) is 105 Å². The van der Waals surface area contributed by atoms with Gasteiger partial charge in [-0.3, -0.25) is 29.2 Å². The summed E-state index contributed by atoms with van der Waals surface area (Å²) in [6.07, 6.45) is -6.42. The largest absolute Gasteiger partial charge is 0.495 e. The van der Waals surface area contributed by atoms with Crippen LogP contribution < -0.4 is 26.2 Å². The monoisotopic (exact) mass is 667 g/mol. The van der Waals surface area contributed by atoms with Crippen LogP contribution in [0.25, 0.3) is 22.2 Å². The van der Waals surface area contributed by atoms with Crippen LogP contribution in [0, 0.1) is 0 Å². The molecule has 3 heterocycles. The SMILES string of the molecule is CCC(C(=O)Nc1ccc2nc(C(F)(F)F)cnc2c1)n1cc(OC)c(-c2cc(Cl)ccc2N2C=C(C(F)(F)F)N(C)N2)cc1=O. The van der Waals surface area contributed by atoms with Crippen LogP contribution in [0.2, 0.25) is 5.02 Å². The maximum atomic E-state index is 13.5. The Balaban J connectivity index is 1.48. The summed E-state index contributed by atoms with van der Waals surface area (Å²) in [5.74, 6) is -0.500. The number of amides is 1. The van der Waals surface area contributed by atoms with Crippen molar-refractivity contribution in [3.8, 4) is 16.9 Å². The lowest BCUT2D eigenvalue weighted by molar-refractivity contribution is -0.141. The van der Waals surface area contributed by atoms with E-state index in [1.807, 2.05) is 0 Å². The van der Waals surface area contributed by atoms with E-state index in [1.54, 1.807) is 6.92 Å². The molecule has 0 spiro atoms. The Morgan fingerprint density at radius 3 is 2.41 bits per heavy atom. The number of anilines is 2. The average molecular weight is 668 g/mol. The van der Waals surface area contributed by atoms with E-state index in [-0.39, 0.29) is 50.7 Å². The molecular formula is C29H24ClF6N7O3. The molecule has 0 radical (unpaired) electrons. The highest BCUT2D eigenvalue weighted by molar-refractivity contribution is 6.31. The highest BCUT2D eigenvalue weighted by atomic mass is 35.5. The molecular weight excluding hydrogens is 644 g/mol. The number of nitrogens with one attached hydrogen (secondary N) is 2. The Morgan fingerprint density at radius 1 is 1.04 bits per heavy atom. The van der Waals surface area contributed by atoms with E-state index in [1.165, 1.54) is 62.8 Å². The van der Waals surface area contributed by atoms with Crippen LogP contribution in [0.4, 0.5) is 37.7 Å². The molecule has 17 heteroatoms. The fourth-order valence-corrected chi connectivity index (χ4v) is 5.05. The molecule has 1 atom stereocenters. The summed E-state index contributed by atoms with van der Waals surface area (Å²) in [5, 5.41) is 4.80. The number of pyridine rings is 1. The second-order valence-corrected chi connectivity index (χ2v) is 10.5. The number of carbonyl (C=O) groups is 1. The number of halogens is 7. The minimum Gasteiger partial charge on any atom is -0.495 e. The first-order chi connectivity index (χ1) is 21.6. The molecule has 2 N–H and O–H groups in total. The number of rotatable bonds is 7. The zero-order valence-electron chi connectivity index (χ0n) is 24.2. The number of ether oxygens (including phenoxy) is 1. The Hall–Kier alpha value is -4.83. The van der Waals surface area contributed by atoms with Crippen molar-refractivity contribution in [2.24, 2.45) is 0 Å². The molecule has 0 saturated heterocycles. The molecule has 0 aliphatic carbocycles. The first-order valence-electron chi connectivity index (χ1n) is 13.4. The summed E-state index contributed by atoms with van der Waals surface area (Å²) < 4.78 is 86.2. The van der Waals surface area contributed by atoms with E-state index >= 15 is 0 Å². The van der Waals surface area contributed by atoms with Crippen LogP contribution in [0.1, 0.15) is 25.1 Å². The average Bonchev–Trinajstić information content (AvgIpc) is 3.39. The Bertz CT molecular complexity index is 1910. The number of aromatic nitrogens is 3. The lowest BCUT2D eigenvalue weighted by Gasteiger charge is -2.24. The number of hydrazine groups is 2. The highest BCUT2D eigenvalue weighted by Crippen LogP contribution is 2.40. The third-order valence-electron chi connectivity index (χ3n) is 7.06. The summed E-state index contributed by atoms with van der Waals surface area (Å²) in [7, 11) is 2.52. The maximum Gasteiger partial charge on any atom is 0.434 e. The molecule has 1 aliphatic heterocycles. The Kier molecular flexibility index (Phi) is 8.61. The van der Waals surface area contributed by atoms with E-state index in [2.05, 4.69) is 20.8 Å². The third-order valence-corrected chi connectivity index (χ3v) is 7.29. The number of methoxy groups -OCH3 is 1. The van der Waals surface area contributed by atoms with Gasteiger partial charge in [0.1, 0.15) is 11.8 Å². The second kappa shape index (κ2) is 12.2. The van der Waals surface area contributed by atoms with E-state index in [0.29, 0.717) is 6.20 Å². The normalized spacial score (nSPS) is 14.4. The minimum atomic E-state index is -4.67. The van der Waals surface area contributed by atoms with E-state index in [4.69, 9.17) is 16.3 Å². The molecule has 1 unspecified atom stereocenters. The zero-order valence-corrected chi connectivity index (χ0v) is 24.9. The molecule has 4 aromatic rings. The summed E-state index contributed by atoms with van der Waals surface area (Å²) in [6, 6.07) is 8.52. The minimum absolute atomic E-state index is 0.0299. The quantitative estimate of drug-likeness (QED) is 0.221. The number of hydrogen-bond donors (Lipinski definition) is 2. The van der Waals surface area contributed by atoms with Gasteiger partial charge in [0.15, 0.2) is 11.4 Å². The Morgan fingerprint density at radius 2 is 1.78 bits per heavy atom. The molecule has 0 bridgehead atoms. The van der Waals surface area contributed by atoms with Gasteiger partial charge in [0.25, 0.3) is 5.56 Å². The highest BCUT2D eigenvalue weighted by Gasteiger charge is 2.41. The van der Waals surface area contributed by atoms with Crippen molar-refractivity contribution < 1.29 is 35.9 Å². The van der Waals surface area contributed by atoms with Crippen molar-refractivity contribution in [3.63, 3.8) is 0 Å². The van der Waals surface area contributed by atoms with Gasteiger partial charge >= 0.3 is 12.4 Å². The fraction of sp³-hybridized carbons (Fsp3) is 0.241. The van der Waals surface area contributed by atoms with Gasteiger partial charge in [-0.25, -0.2) is 4.98 Å². The van der Waals surface area contributed by atoms with Crippen molar-refractivity contribution in [2.45, 2.75) is 31.7 Å². The number of nitrogens with zero attached hydrogens (tertiary/aromatic N) is 5. The molecule has 0 saturated carbocycles. The van der Waals surface area contributed by atoms with Crippen molar-refractivity contribution in [1.29, 1.82) is 0 Å². The summed E-state index contributed by atoms with van der Waals surface area (Å²) in [6.45, 7) is 1.66. The van der Waals surface area contributed by atoms with Crippen molar-refractivity contribution in [1.82, 2.24) is 25.1 Å². The van der Waals surface area contributed by atoms with Gasteiger partial charge in [-0.1, -0.05) is 18.5 Å². The number of alkyl halides is 6. The first-order valence-corrected chi connectivity index (χ1v) is 13.8. The van der Waals surface area contributed by atoms with E-state index < -0.39 is 41.3 Å². The van der Waals surface area contributed by atoms with Gasteiger partial charge < -0.3 is 10.1 Å². The van der Waals surface area contributed by atoms with Crippen molar-refractivity contribution in [3.05, 3.63) is 87.8 Å². The van der Waals surface area contributed by atoms with E-state index in [9.17, 15) is 35.9 Å². The fourth-order valence-electron chi connectivity index (χ4n) is 4.88.